The van der Waals surface area contributed by atoms with Crippen LogP contribution in [0.5, 0.6) is 5.75 Å². The van der Waals surface area contributed by atoms with E-state index in [1.165, 1.54) is 12.5 Å². The van der Waals surface area contributed by atoms with E-state index >= 15 is 0 Å². The Morgan fingerprint density at radius 1 is 1.55 bits per heavy atom. The summed E-state index contributed by atoms with van der Waals surface area (Å²) < 4.78 is 5.47. The smallest absolute Gasteiger partial charge is 0.311 e. The Hall–Kier alpha value is -1.82. The summed E-state index contributed by atoms with van der Waals surface area (Å²) in [6, 6.07) is 4.95. The van der Waals surface area contributed by atoms with Gasteiger partial charge in [0.25, 0.3) is 0 Å². The maximum absolute atomic E-state index is 11.0. The van der Waals surface area contributed by atoms with Crippen molar-refractivity contribution in [3.05, 3.63) is 28.3 Å². The molecule has 6 nitrogen and oxygen atoms in total. The van der Waals surface area contributed by atoms with Crippen molar-refractivity contribution in [2.24, 2.45) is 5.92 Å². The Balaban J connectivity index is 2.03. The van der Waals surface area contributed by atoms with Crippen LogP contribution < -0.4 is 15.4 Å². The number of nitrogens with zero attached hydrogens (tertiary/aromatic N) is 1. The summed E-state index contributed by atoms with van der Waals surface area (Å²) >= 11 is 0. The second-order valence-electron chi connectivity index (χ2n) is 5.03. The van der Waals surface area contributed by atoms with Crippen LogP contribution in [0.1, 0.15) is 19.8 Å². The van der Waals surface area contributed by atoms with Gasteiger partial charge in [0.05, 0.1) is 11.5 Å². The SMILES string of the molecule is CCCOc1cc(NCC2CCNC2)ccc1[N+](=O)[O-]. The molecule has 1 aromatic rings. The molecule has 2 N–H and O–H groups in total. The first-order valence-electron chi connectivity index (χ1n) is 7.06. The van der Waals surface area contributed by atoms with Gasteiger partial charge in [0, 0.05) is 24.4 Å². The van der Waals surface area contributed by atoms with Crippen molar-refractivity contribution >= 4 is 11.4 Å². The third-order valence-electron chi connectivity index (χ3n) is 3.38. The van der Waals surface area contributed by atoms with Crippen molar-refractivity contribution in [1.29, 1.82) is 0 Å². The van der Waals surface area contributed by atoms with E-state index in [2.05, 4.69) is 10.6 Å². The highest BCUT2D eigenvalue weighted by atomic mass is 16.6. The first-order valence-corrected chi connectivity index (χ1v) is 7.06. The van der Waals surface area contributed by atoms with Crippen molar-refractivity contribution in [2.45, 2.75) is 19.8 Å². The van der Waals surface area contributed by atoms with Gasteiger partial charge in [0.2, 0.25) is 0 Å². The normalized spacial score (nSPS) is 17.9. The lowest BCUT2D eigenvalue weighted by Crippen LogP contribution is -2.17. The molecule has 1 saturated heterocycles. The van der Waals surface area contributed by atoms with Crippen molar-refractivity contribution in [2.75, 3.05) is 31.6 Å². The number of benzene rings is 1. The number of nitro groups is 1. The Morgan fingerprint density at radius 2 is 2.40 bits per heavy atom. The van der Waals surface area contributed by atoms with Gasteiger partial charge in [-0.1, -0.05) is 6.92 Å². The summed E-state index contributed by atoms with van der Waals surface area (Å²) in [7, 11) is 0. The molecule has 1 aliphatic rings. The van der Waals surface area contributed by atoms with Gasteiger partial charge in [0.15, 0.2) is 5.75 Å². The van der Waals surface area contributed by atoms with Gasteiger partial charge < -0.3 is 15.4 Å². The van der Waals surface area contributed by atoms with Gasteiger partial charge >= 0.3 is 5.69 Å². The monoisotopic (exact) mass is 279 g/mol. The third-order valence-corrected chi connectivity index (χ3v) is 3.38. The molecular formula is C14H21N3O3. The predicted octanol–water partition coefficient (Wildman–Crippen LogP) is 2.41. The van der Waals surface area contributed by atoms with E-state index in [9.17, 15) is 10.1 Å². The zero-order valence-corrected chi connectivity index (χ0v) is 11.7. The van der Waals surface area contributed by atoms with Crippen molar-refractivity contribution in [3.63, 3.8) is 0 Å². The van der Waals surface area contributed by atoms with Gasteiger partial charge in [-0.3, -0.25) is 10.1 Å². The van der Waals surface area contributed by atoms with E-state index < -0.39 is 4.92 Å². The summed E-state index contributed by atoms with van der Waals surface area (Å²) in [6.07, 6.45) is 1.99. The minimum atomic E-state index is -0.407. The van der Waals surface area contributed by atoms with Crippen LogP contribution in [0, 0.1) is 16.0 Å². The first kappa shape index (κ1) is 14.6. The largest absolute Gasteiger partial charge is 0.487 e. The van der Waals surface area contributed by atoms with E-state index in [1.54, 1.807) is 12.1 Å². The third kappa shape index (κ3) is 3.84. The van der Waals surface area contributed by atoms with Crippen molar-refractivity contribution in [1.82, 2.24) is 5.32 Å². The minimum Gasteiger partial charge on any atom is -0.487 e. The number of nitro benzene ring substituents is 1. The number of ether oxygens (including phenoxy) is 1. The number of nitrogens with one attached hydrogen (secondary N) is 2. The van der Waals surface area contributed by atoms with Crippen LogP contribution in [-0.2, 0) is 0 Å². The molecule has 0 aliphatic carbocycles. The van der Waals surface area contributed by atoms with Crippen LogP contribution in [0.2, 0.25) is 0 Å². The highest BCUT2D eigenvalue weighted by Gasteiger charge is 2.17. The fourth-order valence-electron chi connectivity index (χ4n) is 2.25. The van der Waals surface area contributed by atoms with Crippen LogP contribution in [0.3, 0.4) is 0 Å². The zero-order valence-electron chi connectivity index (χ0n) is 11.7. The van der Waals surface area contributed by atoms with Crippen LogP contribution >= 0.6 is 0 Å². The molecule has 0 radical (unpaired) electrons. The summed E-state index contributed by atoms with van der Waals surface area (Å²) in [5.74, 6) is 0.955. The minimum absolute atomic E-state index is 0.0199. The Kier molecular flexibility index (Phi) is 5.17. The Morgan fingerprint density at radius 3 is 3.05 bits per heavy atom. The fourth-order valence-corrected chi connectivity index (χ4v) is 2.25. The molecule has 1 atom stereocenters. The first-order chi connectivity index (χ1) is 9.70. The Bertz CT molecular complexity index is 459. The molecule has 2 rings (SSSR count). The topological polar surface area (TPSA) is 76.4 Å². The number of anilines is 1. The molecule has 20 heavy (non-hydrogen) atoms. The quantitative estimate of drug-likeness (QED) is 0.592. The standard InChI is InChI=1S/C14H21N3O3/c1-2-7-20-14-8-12(3-4-13(14)17(18)19)16-10-11-5-6-15-9-11/h3-4,8,11,15-16H,2,5-7,9-10H2,1H3. The summed E-state index contributed by atoms with van der Waals surface area (Å²) in [5.41, 5.74) is 0.889. The van der Waals surface area contributed by atoms with Gasteiger partial charge in [-0.25, -0.2) is 0 Å². The number of rotatable bonds is 7. The summed E-state index contributed by atoms with van der Waals surface area (Å²) in [4.78, 5) is 10.6. The van der Waals surface area contributed by atoms with E-state index in [-0.39, 0.29) is 5.69 Å². The summed E-state index contributed by atoms with van der Waals surface area (Å²) in [5, 5.41) is 17.6. The molecule has 0 saturated carbocycles. The van der Waals surface area contributed by atoms with Crippen molar-refractivity contribution < 1.29 is 9.66 Å². The zero-order chi connectivity index (χ0) is 14.4. The molecule has 1 aromatic carbocycles. The highest BCUT2D eigenvalue weighted by Crippen LogP contribution is 2.30. The number of hydrogen-bond donors (Lipinski definition) is 2. The van der Waals surface area contributed by atoms with Crippen LogP contribution in [0.4, 0.5) is 11.4 Å². The maximum atomic E-state index is 11.0. The molecule has 1 heterocycles. The predicted molar refractivity (Wildman–Crippen MR) is 78.3 cm³/mol. The van der Waals surface area contributed by atoms with Crippen LogP contribution in [0.25, 0.3) is 0 Å². The van der Waals surface area contributed by atoms with Gasteiger partial charge in [-0.15, -0.1) is 0 Å². The average Bonchev–Trinajstić information content (AvgIpc) is 2.96. The molecule has 110 valence electrons. The number of hydrogen-bond acceptors (Lipinski definition) is 5. The lowest BCUT2D eigenvalue weighted by Gasteiger charge is -2.13. The van der Waals surface area contributed by atoms with E-state index in [1.807, 2.05) is 6.92 Å². The van der Waals surface area contributed by atoms with Gasteiger partial charge in [-0.2, -0.15) is 0 Å². The lowest BCUT2D eigenvalue weighted by atomic mass is 10.1. The van der Waals surface area contributed by atoms with E-state index in [4.69, 9.17) is 4.74 Å². The molecule has 1 aliphatic heterocycles. The molecular weight excluding hydrogens is 258 g/mol. The highest BCUT2D eigenvalue weighted by molar-refractivity contribution is 5.58. The van der Waals surface area contributed by atoms with Crippen molar-refractivity contribution in [3.8, 4) is 5.75 Å². The Labute approximate surface area is 118 Å². The molecule has 0 spiro atoms. The summed E-state index contributed by atoms with van der Waals surface area (Å²) in [6.45, 7) is 5.42. The molecule has 0 amide bonds. The average molecular weight is 279 g/mol. The molecule has 0 bridgehead atoms. The molecule has 0 aromatic heterocycles. The second-order valence-corrected chi connectivity index (χ2v) is 5.03. The molecule has 1 unspecified atom stereocenters. The van der Waals surface area contributed by atoms with Gasteiger partial charge in [-0.05, 0) is 37.9 Å². The van der Waals surface area contributed by atoms with E-state index in [0.717, 1.165) is 31.7 Å². The lowest BCUT2D eigenvalue weighted by molar-refractivity contribution is -0.385. The second kappa shape index (κ2) is 7.09. The maximum Gasteiger partial charge on any atom is 0.311 e. The molecule has 1 fully saturated rings. The van der Waals surface area contributed by atoms with Crippen LogP contribution in [-0.4, -0.2) is 31.2 Å². The van der Waals surface area contributed by atoms with Gasteiger partial charge in [0.1, 0.15) is 0 Å². The van der Waals surface area contributed by atoms with E-state index in [0.29, 0.717) is 18.3 Å². The molecule has 6 heteroatoms. The fraction of sp³-hybridized carbons (Fsp3) is 0.571. The van der Waals surface area contributed by atoms with Crippen LogP contribution in [0.15, 0.2) is 18.2 Å².